The van der Waals surface area contributed by atoms with Gasteiger partial charge in [0.15, 0.2) is 0 Å². The largest absolute Gasteiger partial charge is 0.497 e. The fourth-order valence-electron chi connectivity index (χ4n) is 1.01. The third kappa shape index (κ3) is 4.43. The maximum absolute atomic E-state index is 5.06. The zero-order valence-corrected chi connectivity index (χ0v) is 9.40. The first-order chi connectivity index (χ1) is 7.22. The number of methoxy groups -OCH3 is 1. The summed E-state index contributed by atoms with van der Waals surface area (Å²) in [6.07, 6.45) is 0. The van der Waals surface area contributed by atoms with Crippen molar-refractivity contribution in [1.29, 1.82) is 0 Å². The summed E-state index contributed by atoms with van der Waals surface area (Å²) in [4.78, 5) is 8.11. The Morgan fingerprint density at radius 2 is 1.93 bits per heavy atom. The smallest absolute Gasteiger partial charge is 0.118 e. The van der Waals surface area contributed by atoms with Crippen molar-refractivity contribution in [3.05, 3.63) is 29.8 Å². The first-order valence-electron chi connectivity index (χ1n) is 4.96. The molecule has 1 aromatic rings. The number of benzene rings is 1. The van der Waals surface area contributed by atoms with Crippen molar-refractivity contribution in [1.82, 2.24) is 0 Å². The molecule has 0 spiro atoms. The van der Waals surface area contributed by atoms with Crippen LogP contribution in [0.25, 0.3) is 0 Å². The van der Waals surface area contributed by atoms with Gasteiger partial charge in [0.05, 0.1) is 25.7 Å². The van der Waals surface area contributed by atoms with E-state index in [2.05, 4.69) is 16.0 Å². The Hall–Kier alpha value is -1.60. The van der Waals surface area contributed by atoms with Gasteiger partial charge in [0.2, 0.25) is 0 Å². The molecular formula is C12H16N2O. The standard InChI is InChI=1S/C12H16N2O/c1-10(2)14-9-13-8-11-4-6-12(15-3)7-5-11/h4-7,10H,8H2,1-3H3. The van der Waals surface area contributed by atoms with Crippen LogP contribution >= 0.6 is 0 Å². The minimum Gasteiger partial charge on any atom is -0.497 e. The summed E-state index contributed by atoms with van der Waals surface area (Å²) < 4.78 is 5.06. The van der Waals surface area contributed by atoms with Crippen molar-refractivity contribution in [3.63, 3.8) is 0 Å². The highest BCUT2D eigenvalue weighted by molar-refractivity contribution is 5.42. The molecule has 1 aromatic carbocycles. The van der Waals surface area contributed by atoms with Crippen LogP contribution < -0.4 is 4.74 Å². The minimum atomic E-state index is 0.254. The molecule has 0 N–H and O–H groups in total. The van der Waals surface area contributed by atoms with E-state index < -0.39 is 0 Å². The number of nitrogens with zero attached hydrogens (tertiary/aromatic N) is 2. The van der Waals surface area contributed by atoms with Crippen LogP contribution in [0.2, 0.25) is 0 Å². The number of hydrogen-bond acceptors (Lipinski definition) is 3. The van der Waals surface area contributed by atoms with Gasteiger partial charge in [-0.2, -0.15) is 0 Å². The van der Waals surface area contributed by atoms with Crippen LogP contribution in [0.15, 0.2) is 34.3 Å². The van der Waals surface area contributed by atoms with Crippen LogP contribution in [0.3, 0.4) is 0 Å². The molecule has 0 saturated carbocycles. The molecule has 0 aromatic heterocycles. The van der Waals surface area contributed by atoms with Crippen LogP contribution in [0, 0.1) is 0 Å². The number of ether oxygens (including phenoxy) is 1. The summed E-state index contributed by atoms with van der Waals surface area (Å²) in [5.74, 6) is 0.860. The van der Waals surface area contributed by atoms with Crippen molar-refractivity contribution >= 4 is 6.01 Å². The number of aliphatic imine (C=N–C) groups is 2. The van der Waals surface area contributed by atoms with Gasteiger partial charge >= 0.3 is 0 Å². The van der Waals surface area contributed by atoms with E-state index in [0.29, 0.717) is 6.54 Å². The third-order valence-corrected chi connectivity index (χ3v) is 1.81. The van der Waals surface area contributed by atoms with Crippen molar-refractivity contribution in [2.75, 3.05) is 7.11 Å². The number of hydrogen-bond donors (Lipinski definition) is 0. The Labute approximate surface area is 90.5 Å². The quantitative estimate of drug-likeness (QED) is 0.694. The molecule has 0 aliphatic carbocycles. The topological polar surface area (TPSA) is 34.0 Å². The first kappa shape index (κ1) is 11.5. The van der Waals surface area contributed by atoms with E-state index in [-0.39, 0.29) is 6.04 Å². The first-order valence-corrected chi connectivity index (χ1v) is 4.96. The Bertz CT molecular complexity index is 348. The van der Waals surface area contributed by atoms with Crippen LogP contribution in [-0.4, -0.2) is 19.2 Å². The van der Waals surface area contributed by atoms with Gasteiger partial charge in [-0.25, -0.2) is 9.98 Å². The van der Waals surface area contributed by atoms with E-state index in [9.17, 15) is 0 Å². The molecule has 0 atom stereocenters. The molecule has 3 nitrogen and oxygen atoms in total. The molecule has 1 rings (SSSR count). The fourth-order valence-corrected chi connectivity index (χ4v) is 1.01. The second kappa shape index (κ2) is 5.99. The Morgan fingerprint density at radius 3 is 2.47 bits per heavy atom. The molecule has 0 radical (unpaired) electrons. The minimum absolute atomic E-state index is 0.254. The predicted molar refractivity (Wildman–Crippen MR) is 61.7 cm³/mol. The highest BCUT2D eigenvalue weighted by Gasteiger charge is 1.91. The maximum Gasteiger partial charge on any atom is 0.118 e. The molecule has 0 aliphatic rings. The lowest BCUT2D eigenvalue weighted by Gasteiger charge is -1.99. The van der Waals surface area contributed by atoms with Crippen molar-refractivity contribution in [3.8, 4) is 5.75 Å². The van der Waals surface area contributed by atoms with Crippen molar-refractivity contribution in [2.24, 2.45) is 9.98 Å². The highest BCUT2D eigenvalue weighted by atomic mass is 16.5. The lowest BCUT2D eigenvalue weighted by atomic mass is 10.2. The van der Waals surface area contributed by atoms with Gasteiger partial charge in [-0.05, 0) is 31.5 Å². The van der Waals surface area contributed by atoms with Gasteiger partial charge in [0, 0.05) is 0 Å². The summed E-state index contributed by atoms with van der Waals surface area (Å²) >= 11 is 0. The van der Waals surface area contributed by atoms with E-state index in [1.165, 1.54) is 0 Å². The molecule has 0 amide bonds. The molecule has 0 unspecified atom stereocenters. The average molecular weight is 204 g/mol. The molecule has 80 valence electrons. The van der Waals surface area contributed by atoms with Gasteiger partial charge in [-0.15, -0.1) is 0 Å². The third-order valence-electron chi connectivity index (χ3n) is 1.81. The number of rotatable bonds is 4. The van der Waals surface area contributed by atoms with Crippen molar-refractivity contribution < 1.29 is 4.74 Å². The van der Waals surface area contributed by atoms with Crippen LogP contribution in [-0.2, 0) is 6.54 Å². The average Bonchev–Trinajstić information content (AvgIpc) is 2.25. The molecule has 0 bridgehead atoms. The summed E-state index contributed by atoms with van der Waals surface area (Å²) in [7, 11) is 1.66. The zero-order chi connectivity index (χ0) is 11.1. The molecule has 0 saturated heterocycles. The maximum atomic E-state index is 5.06. The van der Waals surface area contributed by atoms with Gasteiger partial charge in [0.25, 0.3) is 0 Å². The second-order valence-electron chi connectivity index (χ2n) is 3.49. The lowest BCUT2D eigenvalue weighted by molar-refractivity contribution is 0.414. The normalized spacial score (nSPS) is 9.60. The molecule has 0 heterocycles. The Balaban J connectivity index is 2.54. The van der Waals surface area contributed by atoms with Gasteiger partial charge in [0.1, 0.15) is 5.75 Å². The summed E-state index contributed by atoms with van der Waals surface area (Å²) in [6, 6.07) is 10.7. The summed E-state index contributed by atoms with van der Waals surface area (Å²) in [5, 5.41) is 0. The molecular weight excluding hydrogens is 188 g/mol. The Kier molecular flexibility index (Phi) is 4.58. The van der Waals surface area contributed by atoms with Gasteiger partial charge in [-0.3, -0.25) is 0 Å². The van der Waals surface area contributed by atoms with Gasteiger partial charge in [-0.1, -0.05) is 12.1 Å². The van der Waals surface area contributed by atoms with E-state index >= 15 is 0 Å². The molecule has 0 aliphatic heterocycles. The van der Waals surface area contributed by atoms with Crippen LogP contribution in [0.4, 0.5) is 0 Å². The Morgan fingerprint density at radius 1 is 1.27 bits per heavy atom. The van der Waals surface area contributed by atoms with Crippen molar-refractivity contribution in [2.45, 2.75) is 26.4 Å². The highest BCUT2D eigenvalue weighted by Crippen LogP contribution is 2.11. The van der Waals surface area contributed by atoms with E-state index in [0.717, 1.165) is 11.3 Å². The van der Waals surface area contributed by atoms with E-state index in [1.54, 1.807) is 7.11 Å². The lowest BCUT2D eigenvalue weighted by Crippen LogP contribution is -1.86. The monoisotopic (exact) mass is 204 g/mol. The van der Waals surface area contributed by atoms with E-state index in [1.807, 2.05) is 38.1 Å². The van der Waals surface area contributed by atoms with Crippen LogP contribution in [0.5, 0.6) is 5.75 Å². The predicted octanol–water partition coefficient (Wildman–Crippen LogP) is 2.78. The van der Waals surface area contributed by atoms with E-state index in [4.69, 9.17) is 4.74 Å². The zero-order valence-electron chi connectivity index (χ0n) is 9.40. The van der Waals surface area contributed by atoms with Gasteiger partial charge < -0.3 is 4.74 Å². The summed E-state index contributed by atoms with van der Waals surface area (Å²) in [6.45, 7) is 4.60. The second-order valence-corrected chi connectivity index (χ2v) is 3.49. The summed E-state index contributed by atoms with van der Waals surface area (Å²) in [5.41, 5.74) is 1.13. The van der Waals surface area contributed by atoms with Crippen LogP contribution in [0.1, 0.15) is 19.4 Å². The molecule has 15 heavy (non-hydrogen) atoms. The fraction of sp³-hybridized carbons (Fsp3) is 0.417. The molecule has 0 fully saturated rings. The molecule has 3 heteroatoms. The SMILES string of the molecule is COc1ccc(CN=C=NC(C)C)cc1.